The number of fused-ring (bicyclic) bond motifs is 2. The lowest BCUT2D eigenvalue weighted by molar-refractivity contribution is -0.169. The summed E-state index contributed by atoms with van der Waals surface area (Å²) in [5, 5.41) is 18.7. The third-order valence-electron chi connectivity index (χ3n) is 9.46. The number of carbonyl (C=O) groups is 1. The highest BCUT2D eigenvalue weighted by atomic mass is 32.2. The van der Waals surface area contributed by atoms with E-state index in [1.807, 2.05) is 44.2 Å². The van der Waals surface area contributed by atoms with Gasteiger partial charge in [-0.1, -0.05) is 55.5 Å². The van der Waals surface area contributed by atoms with Crippen LogP contribution in [0.4, 0.5) is 9.93 Å². The first kappa shape index (κ1) is 31.8. The summed E-state index contributed by atoms with van der Waals surface area (Å²) in [4.78, 5) is 18.1. The van der Waals surface area contributed by atoms with Gasteiger partial charge in [0.05, 0.1) is 40.5 Å². The summed E-state index contributed by atoms with van der Waals surface area (Å²) in [6.45, 7) is 4.85. The first-order valence-corrected chi connectivity index (χ1v) is 18.5. The summed E-state index contributed by atoms with van der Waals surface area (Å²) in [5.74, 6) is 0.419. The Hall–Kier alpha value is -2.81. The zero-order chi connectivity index (χ0) is 32.0. The molecule has 1 amide bonds. The van der Waals surface area contributed by atoms with Crippen LogP contribution >= 0.6 is 11.3 Å². The second-order valence-corrected chi connectivity index (χ2v) is 16.5. The monoisotopic (exact) mass is 670 g/mol. The van der Waals surface area contributed by atoms with Gasteiger partial charge >= 0.3 is 6.09 Å². The summed E-state index contributed by atoms with van der Waals surface area (Å²) >= 11 is 1.44. The van der Waals surface area contributed by atoms with E-state index in [4.69, 9.17) is 14.2 Å². The number of anilines is 1. The highest BCUT2D eigenvalue weighted by molar-refractivity contribution is 7.89. The van der Waals surface area contributed by atoms with Gasteiger partial charge in [0, 0.05) is 36.9 Å². The fourth-order valence-corrected chi connectivity index (χ4v) is 9.71. The molecule has 0 radical (unpaired) electrons. The molecule has 248 valence electrons. The quantitative estimate of drug-likeness (QED) is 0.244. The number of alkyl carbamates (subject to hydrolysis) is 1. The molecule has 7 unspecified atom stereocenters. The molecule has 7 atom stereocenters. The lowest BCUT2D eigenvalue weighted by Crippen LogP contribution is -2.52. The summed E-state index contributed by atoms with van der Waals surface area (Å²) in [6, 6.07) is 14.1. The predicted octanol–water partition coefficient (Wildman–Crippen LogP) is 4.22. The van der Waals surface area contributed by atoms with Crippen LogP contribution in [-0.2, 0) is 30.7 Å². The second-order valence-electron chi connectivity index (χ2n) is 13.5. The molecule has 4 aliphatic rings. The molecule has 7 rings (SSSR count). The van der Waals surface area contributed by atoms with Crippen molar-refractivity contribution in [2.45, 2.75) is 75.0 Å². The molecule has 0 spiro atoms. The van der Waals surface area contributed by atoms with Gasteiger partial charge < -0.3 is 30.0 Å². The van der Waals surface area contributed by atoms with Crippen molar-refractivity contribution in [1.29, 1.82) is 0 Å². The molecule has 2 aromatic carbocycles. The number of benzene rings is 2. The lowest BCUT2D eigenvalue weighted by atomic mass is 9.98. The molecule has 46 heavy (non-hydrogen) atoms. The third-order valence-corrected chi connectivity index (χ3v) is 12.2. The molecule has 2 saturated heterocycles. The maximum Gasteiger partial charge on any atom is 0.407 e. The van der Waals surface area contributed by atoms with E-state index in [2.05, 4.69) is 15.6 Å². The number of aliphatic hydroxyl groups is 1. The number of hydrogen-bond donors (Lipinski definition) is 3. The van der Waals surface area contributed by atoms with E-state index >= 15 is 0 Å². The fraction of sp³-hybridized carbons (Fsp3) is 0.576. The minimum Gasteiger partial charge on any atom is -0.445 e. The summed E-state index contributed by atoms with van der Waals surface area (Å²) in [5.41, 5.74) is 1.64. The summed E-state index contributed by atoms with van der Waals surface area (Å²) in [6.07, 6.45) is 1.03. The number of nitrogens with one attached hydrogen (secondary N) is 2. The SMILES string of the molecule is CC(C)CN(CC(O)C(Cc1ccccc1)NC(=O)OC1C2COC3OCC1C3C2)S(=O)(=O)c1ccc2nc(NC3CC3)sc2c1. The van der Waals surface area contributed by atoms with Crippen LogP contribution in [-0.4, -0.2) is 85.8 Å². The van der Waals surface area contributed by atoms with Gasteiger partial charge in [0.2, 0.25) is 10.0 Å². The Kier molecular flexibility index (Phi) is 8.98. The molecule has 3 heterocycles. The maximum absolute atomic E-state index is 14.1. The van der Waals surface area contributed by atoms with E-state index in [-0.39, 0.29) is 54.1 Å². The molecular formula is C33H42N4O7S2. The summed E-state index contributed by atoms with van der Waals surface area (Å²) < 4.78 is 47.9. The number of aromatic nitrogens is 1. The van der Waals surface area contributed by atoms with E-state index in [0.717, 1.165) is 40.2 Å². The Morgan fingerprint density at radius 2 is 1.89 bits per heavy atom. The number of amides is 1. The number of carbonyl (C=O) groups excluding carboxylic acids is 1. The molecule has 11 nitrogen and oxygen atoms in total. The number of nitrogens with zero attached hydrogens (tertiary/aromatic N) is 2. The average Bonchev–Trinajstić information content (AvgIpc) is 3.48. The Morgan fingerprint density at radius 3 is 2.65 bits per heavy atom. The molecule has 13 heteroatoms. The molecule has 4 fully saturated rings. The van der Waals surface area contributed by atoms with Crippen LogP contribution in [0.1, 0.15) is 38.7 Å². The van der Waals surface area contributed by atoms with Gasteiger partial charge in [-0.05, 0) is 55.4 Å². The maximum atomic E-state index is 14.1. The van der Waals surface area contributed by atoms with E-state index < -0.39 is 28.3 Å². The Balaban J connectivity index is 1.09. The van der Waals surface area contributed by atoms with Crippen LogP contribution in [0.3, 0.4) is 0 Å². The number of sulfonamides is 1. The van der Waals surface area contributed by atoms with E-state index in [1.54, 1.807) is 18.2 Å². The highest BCUT2D eigenvalue weighted by Gasteiger charge is 2.56. The first-order valence-electron chi connectivity index (χ1n) is 16.2. The Morgan fingerprint density at radius 1 is 1.11 bits per heavy atom. The average molecular weight is 671 g/mol. The molecular weight excluding hydrogens is 629 g/mol. The molecule has 2 aliphatic carbocycles. The predicted molar refractivity (Wildman–Crippen MR) is 174 cm³/mol. The largest absolute Gasteiger partial charge is 0.445 e. The van der Waals surface area contributed by atoms with Crippen molar-refractivity contribution < 1.29 is 32.5 Å². The smallest absolute Gasteiger partial charge is 0.407 e. The molecule has 2 saturated carbocycles. The number of ether oxygens (including phenoxy) is 3. The van der Waals surface area contributed by atoms with Crippen LogP contribution in [0, 0.1) is 23.7 Å². The first-order chi connectivity index (χ1) is 22.1. The minimum absolute atomic E-state index is 0.00430. The normalized spacial score (nSPS) is 26.8. The second kappa shape index (κ2) is 13.0. The van der Waals surface area contributed by atoms with Crippen molar-refractivity contribution in [3.8, 4) is 0 Å². The van der Waals surface area contributed by atoms with Gasteiger partial charge in [-0.25, -0.2) is 18.2 Å². The molecule has 2 aliphatic heterocycles. The number of thiazole rings is 1. The number of rotatable bonds is 13. The van der Waals surface area contributed by atoms with Crippen molar-refractivity contribution >= 4 is 42.8 Å². The zero-order valence-corrected chi connectivity index (χ0v) is 27.7. The number of aliphatic hydroxyl groups excluding tert-OH is 1. The summed E-state index contributed by atoms with van der Waals surface area (Å²) in [7, 11) is -3.99. The van der Waals surface area contributed by atoms with Crippen LogP contribution in [0.2, 0.25) is 0 Å². The van der Waals surface area contributed by atoms with Gasteiger partial charge in [0.1, 0.15) is 6.10 Å². The van der Waals surface area contributed by atoms with Crippen LogP contribution < -0.4 is 10.6 Å². The van der Waals surface area contributed by atoms with Crippen molar-refractivity contribution in [2.75, 3.05) is 31.6 Å². The fourth-order valence-electron chi connectivity index (χ4n) is 7.00. The van der Waals surface area contributed by atoms with Gasteiger partial charge in [0.25, 0.3) is 0 Å². The standard InChI is InChI=1S/C33H42N4O7S2/c1-19(2)15-37(46(40,41)23-10-11-26-29(14-23)45-32(35-26)34-22-8-9-22)16-28(38)27(12-20-6-4-3-5-7-20)36-33(39)44-30-21-13-24-25(30)18-43-31(24)42-17-21/h3-7,10-11,14,19,21-22,24-25,27-28,30-31,38H,8-9,12-13,15-18H2,1-2H3,(H,34,35)(H,36,39). The van der Waals surface area contributed by atoms with Crippen LogP contribution in [0.25, 0.3) is 10.2 Å². The van der Waals surface area contributed by atoms with Crippen molar-refractivity contribution in [1.82, 2.24) is 14.6 Å². The van der Waals surface area contributed by atoms with Crippen LogP contribution in [0.15, 0.2) is 53.4 Å². The number of hydrogen-bond acceptors (Lipinski definition) is 10. The van der Waals surface area contributed by atoms with Gasteiger partial charge in [-0.2, -0.15) is 4.31 Å². The minimum atomic E-state index is -3.99. The van der Waals surface area contributed by atoms with Crippen molar-refractivity contribution in [3.05, 3.63) is 54.1 Å². The highest BCUT2D eigenvalue weighted by Crippen LogP contribution is 2.49. The van der Waals surface area contributed by atoms with Gasteiger partial charge in [-0.15, -0.1) is 0 Å². The molecule has 1 aromatic heterocycles. The van der Waals surface area contributed by atoms with Crippen LogP contribution in [0.5, 0.6) is 0 Å². The van der Waals surface area contributed by atoms with Gasteiger partial charge in [-0.3, -0.25) is 0 Å². The Labute approximate surface area is 273 Å². The Bertz CT molecular complexity index is 1650. The lowest BCUT2D eigenvalue weighted by Gasteiger charge is -2.31. The molecule has 3 N–H and O–H groups in total. The molecule has 2 bridgehead atoms. The third kappa shape index (κ3) is 6.76. The van der Waals surface area contributed by atoms with Crippen molar-refractivity contribution in [3.63, 3.8) is 0 Å². The van der Waals surface area contributed by atoms with Crippen molar-refractivity contribution in [2.24, 2.45) is 23.7 Å². The van der Waals surface area contributed by atoms with Gasteiger partial charge in [0.15, 0.2) is 11.4 Å². The topological polar surface area (TPSA) is 139 Å². The van der Waals surface area contributed by atoms with E-state index in [9.17, 15) is 18.3 Å². The van der Waals surface area contributed by atoms with E-state index in [1.165, 1.54) is 15.6 Å². The van der Waals surface area contributed by atoms with E-state index in [0.29, 0.717) is 25.7 Å². The molecule has 3 aromatic rings. The zero-order valence-electron chi connectivity index (χ0n) is 26.1.